The van der Waals surface area contributed by atoms with Crippen molar-refractivity contribution in [3.05, 3.63) is 59.7 Å². The van der Waals surface area contributed by atoms with Crippen LogP contribution in [0, 0.1) is 0 Å². The number of fused-ring (bicyclic) bond motifs is 1. The average molecular weight is 444 g/mol. The van der Waals surface area contributed by atoms with Crippen LogP contribution in [0.4, 0.5) is 11.4 Å². The van der Waals surface area contributed by atoms with Crippen LogP contribution < -0.4 is 14.8 Å². The van der Waals surface area contributed by atoms with Crippen LogP contribution in [-0.4, -0.2) is 28.8 Å². The van der Waals surface area contributed by atoms with Crippen LogP contribution >= 0.6 is 0 Å². The van der Waals surface area contributed by atoms with Gasteiger partial charge in [-0.3, -0.25) is 9.10 Å². The molecule has 1 atom stereocenters. The van der Waals surface area contributed by atoms with Gasteiger partial charge in [0.05, 0.1) is 15.5 Å². The van der Waals surface area contributed by atoms with Crippen LogP contribution in [0.2, 0.25) is 0 Å². The van der Waals surface area contributed by atoms with Crippen molar-refractivity contribution in [1.29, 1.82) is 0 Å². The van der Waals surface area contributed by atoms with E-state index >= 15 is 0 Å². The van der Waals surface area contributed by atoms with E-state index in [9.17, 15) is 21.6 Å². The van der Waals surface area contributed by atoms with E-state index in [1.165, 1.54) is 28.6 Å². The second kappa shape index (κ2) is 6.03. The van der Waals surface area contributed by atoms with Gasteiger partial charge in [0.25, 0.3) is 15.9 Å². The molecule has 5 rings (SSSR count). The van der Waals surface area contributed by atoms with Crippen LogP contribution in [0.15, 0.2) is 58.3 Å². The Labute approximate surface area is 173 Å². The number of primary sulfonamides is 1. The zero-order valence-corrected chi connectivity index (χ0v) is 17.4. The minimum Gasteiger partial charge on any atom is -0.321 e. The fraction of sp³-hybridized carbons (Fsp3) is 0.150. The first-order chi connectivity index (χ1) is 14.1. The van der Waals surface area contributed by atoms with Gasteiger partial charge in [0, 0.05) is 28.1 Å². The maximum atomic E-state index is 13.7. The number of nitrogens with two attached hydrogens (primary N) is 1. The summed E-state index contributed by atoms with van der Waals surface area (Å²) in [7, 11) is -7.88. The van der Waals surface area contributed by atoms with Gasteiger partial charge in [0.2, 0.25) is 10.0 Å². The Morgan fingerprint density at radius 2 is 1.83 bits per heavy atom. The second-order valence-electron chi connectivity index (χ2n) is 7.48. The Hall–Kier alpha value is -2.95. The van der Waals surface area contributed by atoms with Gasteiger partial charge in [-0.05, 0) is 55.3 Å². The van der Waals surface area contributed by atoms with Crippen LogP contribution in [0.5, 0.6) is 0 Å². The van der Waals surface area contributed by atoms with Gasteiger partial charge >= 0.3 is 0 Å². The van der Waals surface area contributed by atoms with E-state index in [0.29, 0.717) is 39.7 Å². The molecule has 0 aliphatic carbocycles. The van der Waals surface area contributed by atoms with Crippen LogP contribution in [0.3, 0.4) is 0 Å². The largest absolute Gasteiger partial charge is 0.321 e. The first-order valence-corrected chi connectivity index (χ1v) is 12.1. The highest BCUT2D eigenvalue weighted by molar-refractivity contribution is 7.93. The lowest BCUT2D eigenvalue weighted by Crippen LogP contribution is -2.35. The van der Waals surface area contributed by atoms with Gasteiger partial charge < -0.3 is 5.32 Å². The maximum Gasteiger partial charge on any atom is 0.265 e. The number of nitrogens with one attached hydrogen (secondary N) is 1. The molecule has 8 nitrogen and oxygen atoms in total. The summed E-state index contributed by atoms with van der Waals surface area (Å²) in [4.78, 5) is 12.2. The third-order valence-electron chi connectivity index (χ3n) is 5.56. The quantitative estimate of drug-likeness (QED) is 0.642. The number of benzene rings is 3. The molecule has 10 heteroatoms. The Kier molecular flexibility index (Phi) is 3.83. The van der Waals surface area contributed by atoms with Crippen molar-refractivity contribution in [3.8, 4) is 0 Å². The summed E-state index contributed by atoms with van der Waals surface area (Å²) in [6.45, 7) is 1.76. The number of amides is 1. The van der Waals surface area contributed by atoms with E-state index in [0.717, 1.165) is 0 Å². The summed E-state index contributed by atoms with van der Waals surface area (Å²) in [6.07, 6.45) is 0.360. The monoisotopic (exact) mass is 443 g/mol. The summed E-state index contributed by atoms with van der Waals surface area (Å²) in [5, 5.41) is 9.01. The van der Waals surface area contributed by atoms with Crippen molar-refractivity contribution >= 4 is 48.1 Å². The summed E-state index contributed by atoms with van der Waals surface area (Å²) in [5.41, 5.74) is 2.04. The Morgan fingerprint density at radius 1 is 1.07 bits per heavy atom. The van der Waals surface area contributed by atoms with E-state index in [4.69, 9.17) is 5.14 Å². The number of rotatable bonds is 3. The Balaban J connectivity index is 1.70. The van der Waals surface area contributed by atoms with Crippen molar-refractivity contribution in [2.45, 2.75) is 29.2 Å². The van der Waals surface area contributed by atoms with Gasteiger partial charge in [-0.1, -0.05) is 12.1 Å². The molecule has 0 radical (unpaired) electrons. The van der Waals surface area contributed by atoms with Gasteiger partial charge in [-0.25, -0.2) is 22.0 Å². The molecule has 0 aromatic heterocycles. The number of hydrogen-bond acceptors (Lipinski definition) is 5. The second-order valence-corrected chi connectivity index (χ2v) is 10.8. The number of nitrogens with zero attached hydrogens (tertiary/aromatic N) is 1. The third-order valence-corrected chi connectivity index (χ3v) is 8.46. The highest BCUT2D eigenvalue weighted by Crippen LogP contribution is 2.42. The van der Waals surface area contributed by atoms with Crippen molar-refractivity contribution < 1.29 is 21.6 Å². The van der Waals surface area contributed by atoms with Crippen molar-refractivity contribution in [2.75, 3.05) is 9.62 Å². The molecule has 2 aliphatic heterocycles. The van der Waals surface area contributed by atoms with Gasteiger partial charge in [0.1, 0.15) is 0 Å². The average Bonchev–Trinajstić information content (AvgIpc) is 3.18. The van der Waals surface area contributed by atoms with Crippen LogP contribution in [0.1, 0.15) is 22.8 Å². The zero-order chi connectivity index (χ0) is 21.4. The molecule has 0 spiro atoms. The summed E-state index contributed by atoms with van der Waals surface area (Å²) in [5.74, 6) is -0.263. The number of anilines is 2. The van der Waals surface area contributed by atoms with E-state index < -0.39 is 26.1 Å². The molecule has 1 amide bonds. The first-order valence-electron chi connectivity index (χ1n) is 9.16. The molecule has 154 valence electrons. The molecule has 2 aliphatic rings. The van der Waals surface area contributed by atoms with E-state index in [2.05, 4.69) is 5.32 Å². The Morgan fingerprint density at radius 3 is 2.57 bits per heavy atom. The fourth-order valence-corrected chi connectivity index (χ4v) is 6.77. The summed E-state index contributed by atoms with van der Waals surface area (Å²) >= 11 is 0. The minimum absolute atomic E-state index is 0.0531. The van der Waals surface area contributed by atoms with Crippen molar-refractivity contribution in [2.24, 2.45) is 5.14 Å². The number of hydrogen-bond donors (Lipinski definition) is 2. The summed E-state index contributed by atoms with van der Waals surface area (Å²) < 4.78 is 52.1. The molecule has 0 bridgehead atoms. The number of carbonyl (C=O) groups excluding carboxylic acids is 1. The van der Waals surface area contributed by atoms with E-state index in [1.807, 2.05) is 0 Å². The highest BCUT2D eigenvalue weighted by atomic mass is 32.2. The molecule has 0 fully saturated rings. The molecule has 3 aromatic carbocycles. The standard InChI is InChI=1S/C20H17N3O5S2/c1-11-9-12-10-13(29(21,25)26)5-7-17(12)23(11)30(27,28)18-8-6-16-19-14(18)3-2-4-15(19)20(24)22-16/h2-8,10-11H,9H2,1H3,(H,22,24)(H2,21,25,26). The van der Waals surface area contributed by atoms with Crippen LogP contribution in [-0.2, 0) is 26.5 Å². The van der Waals surface area contributed by atoms with Gasteiger partial charge in [-0.15, -0.1) is 0 Å². The van der Waals surface area contributed by atoms with Crippen LogP contribution in [0.25, 0.3) is 10.8 Å². The zero-order valence-electron chi connectivity index (χ0n) is 15.8. The lowest BCUT2D eigenvalue weighted by Gasteiger charge is -2.25. The highest BCUT2D eigenvalue weighted by Gasteiger charge is 2.38. The van der Waals surface area contributed by atoms with Gasteiger partial charge in [-0.2, -0.15) is 0 Å². The Bertz CT molecular complexity index is 1480. The molecule has 2 heterocycles. The topological polar surface area (TPSA) is 127 Å². The molecular formula is C20H17N3O5S2. The normalized spacial score (nSPS) is 18.0. The molecular weight excluding hydrogens is 426 g/mol. The molecule has 3 N–H and O–H groups in total. The number of sulfonamides is 2. The molecule has 3 aromatic rings. The smallest absolute Gasteiger partial charge is 0.265 e. The molecule has 0 saturated heterocycles. The fourth-order valence-electron chi connectivity index (χ4n) is 4.32. The molecule has 30 heavy (non-hydrogen) atoms. The van der Waals surface area contributed by atoms with E-state index in [-0.39, 0.29) is 15.7 Å². The SMILES string of the molecule is CC1Cc2cc(S(N)(=O)=O)ccc2N1S(=O)(=O)c1ccc2c3c(cccc13)C(=O)N2. The predicted molar refractivity (Wildman–Crippen MR) is 113 cm³/mol. The van der Waals surface area contributed by atoms with E-state index in [1.54, 1.807) is 31.2 Å². The lowest BCUT2D eigenvalue weighted by atomic mass is 10.1. The third kappa shape index (κ3) is 2.57. The first kappa shape index (κ1) is 19.0. The van der Waals surface area contributed by atoms with Crippen molar-refractivity contribution in [1.82, 2.24) is 0 Å². The van der Waals surface area contributed by atoms with Gasteiger partial charge in [0.15, 0.2) is 0 Å². The summed E-state index contributed by atoms with van der Waals surface area (Å²) in [6, 6.07) is 11.9. The molecule has 0 saturated carbocycles. The maximum absolute atomic E-state index is 13.7. The van der Waals surface area contributed by atoms with Crippen molar-refractivity contribution in [3.63, 3.8) is 0 Å². The minimum atomic E-state index is -3.99. The lowest BCUT2D eigenvalue weighted by molar-refractivity contribution is 0.103. The predicted octanol–water partition coefficient (Wildman–Crippen LogP) is 2.19. The number of carbonyl (C=O) groups is 1. The molecule has 1 unspecified atom stereocenters.